The van der Waals surface area contributed by atoms with E-state index in [9.17, 15) is 14.4 Å². The third-order valence-corrected chi connectivity index (χ3v) is 6.20. The van der Waals surface area contributed by atoms with E-state index in [2.05, 4.69) is 6.92 Å². The number of esters is 1. The lowest BCUT2D eigenvalue weighted by Crippen LogP contribution is -2.54. The van der Waals surface area contributed by atoms with Crippen LogP contribution in [0.1, 0.15) is 100 Å². The minimum atomic E-state index is -1.21. The van der Waals surface area contributed by atoms with Crippen molar-refractivity contribution in [3.8, 4) is 5.75 Å². The molecule has 1 aliphatic rings. The van der Waals surface area contributed by atoms with Crippen molar-refractivity contribution < 1.29 is 38.1 Å². The topological polar surface area (TPSA) is 101 Å². The van der Waals surface area contributed by atoms with Crippen molar-refractivity contribution in [2.45, 2.75) is 136 Å². The summed E-state index contributed by atoms with van der Waals surface area (Å²) < 4.78 is 29.6. The van der Waals surface area contributed by atoms with E-state index in [1.54, 1.807) is 48.5 Å². The number of para-hydroxylation sites is 1. The number of hydrogen-bond donors (Lipinski definition) is 0. The zero-order valence-electron chi connectivity index (χ0n) is 25.6. The van der Waals surface area contributed by atoms with Crippen LogP contribution < -0.4 is 4.74 Å². The fourth-order valence-corrected chi connectivity index (χ4v) is 4.40. The number of carbonyl (C=O) groups excluding carboxylic acids is 3. The molecule has 0 spiro atoms. The summed E-state index contributed by atoms with van der Waals surface area (Å²) in [6, 6.07) is 8.30. The van der Waals surface area contributed by atoms with Gasteiger partial charge in [0.1, 0.15) is 41.3 Å². The monoisotopic (exact) mass is 563 g/mol. The van der Waals surface area contributed by atoms with E-state index in [0.29, 0.717) is 31.6 Å². The molecule has 40 heavy (non-hydrogen) atoms. The van der Waals surface area contributed by atoms with Gasteiger partial charge in [0, 0.05) is 6.61 Å². The van der Waals surface area contributed by atoms with Gasteiger partial charge >= 0.3 is 18.2 Å². The second-order valence-electron chi connectivity index (χ2n) is 12.3. The van der Waals surface area contributed by atoms with Gasteiger partial charge in [-0.15, -0.1) is 0 Å². The molecule has 1 aromatic carbocycles. The summed E-state index contributed by atoms with van der Waals surface area (Å²) in [5.74, 6) is -0.00381. The highest BCUT2D eigenvalue weighted by Crippen LogP contribution is 2.27. The van der Waals surface area contributed by atoms with E-state index in [1.165, 1.54) is 0 Å². The molecule has 0 saturated carbocycles. The molecule has 0 bridgehead atoms. The maximum absolute atomic E-state index is 13.6. The Hall–Kier alpha value is -2.81. The summed E-state index contributed by atoms with van der Waals surface area (Å²) in [6.45, 7) is 14.5. The van der Waals surface area contributed by atoms with Gasteiger partial charge in [-0.05, 0) is 86.3 Å². The van der Waals surface area contributed by atoms with Crippen molar-refractivity contribution in [1.82, 2.24) is 4.90 Å². The number of hydrogen-bond acceptors (Lipinski definition) is 8. The van der Waals surface area contributed by atoms with Crippen LogP contribution in [0.2, 0.25) is 0 Å². The Kier molecular flexibility index (Phi) is 12.7. The van der Waals surface area contributed by atoms with Gasteiger partial charge in [0.25, 0.3) is 0 Å². The van der Waals surface area contributed by atoms with Crippen molar-refractivity contribution in [2.75, 3.05) is 6.61 Å². The van der Waals surface area contributed by atoms with Crippen molar-refractivity contribution in [3.05, 3.63) is 30.3 Å². The van der Waals surface area contributed by atoms with Gasteiger partial charge in [-0.25, -0.2) is 14.4 Å². The first kappa shape index (κ1) is 33.4. The Balaban J connectivity index is 2.35. The van der Waals surface area contributed by atoms with Gasteiger partial charge in [0.05, 0.1) is 0 Å². The summed E-state index contributed by atoms with van der Waals surface area (Å²) in [4.78, 5) is 40.9. The van der Waals surface area contributed by atoms with Gasteiger partial charge in [-0.2, -0.15) is 4.90 Å². The average Bonchev–Trinajstić information content (AvgIpc) is 2.83. The second kappa shape index (κ2) is 15.3. The molecule has 0 N–H and O–H groups in total. The third-order valence-electron chi connectivity index (χ3n) is 6.20. The maximum Gasteiger partial charge on any atom is 0.420 e. The van der Waals surface area contributed by atoms with Gasteiger partial charge in [-0.1, -0.05) is 44.4 Å². The number of nitrogens with zero attached hydrogens (tertiary/aromatic N) is 1. The van der Waals surface area contributed by atoms with E-state index >= 15 is 0 Å². The van der Waals surface area contributed by atoms with E-state index in [-0.39, 0.29) is 12.5 Å². The molecule has 1 heterocycles. The van der Waals surface area contributed by atoms with Crippen LogP contribution in [-0.4, -0.2) is 65.2 Å². The molecule has 0 aliphatic carbocycles. The molecular formula is C31H49NO8. The molecule has 0 aromatic heterocycles. The van der Waals surface area contributed by atoms with Crippen LogP contribution in [0.25, 0.3) is 0 Å². The van der Waals surface area contributed by atoms with Gasteiger partial charge < -0.3 is 23.7 Å². The Morgan fingerprint density at radius 1 is 0.925 bits per heavy atom. The lowest BCUT2D eigenvalue weighted by Gasteiger charge is -2.36. The number of benzene rings is 1. The summed E-state index contributed by atoms with van der Waals surface area (Å²) >= 11 is 0. The van der Waals surface area contributed by atoms with Crippen LogP contribution >= 0.6 is 0 Å². The molecule has 1 aliphatic heterocycles. The zero-order valence-corrected chi connectivity index (χ0v) is 25.6. The highest BCUT2D eigenvalue weighted by Gasteiger charge is 2.43. The van der Waals surface area contributed by atoms with Gasteiger partial charge in [0.2, 0.25) is 0 Å². The number of amides is 2. The van der Waals surface area contributed by atoms with Gasteiger partial charge in [0.15, 0.2) is 0 Å². The highest BCUT2D eigenvalue weighted by molar-refractivity contribution is 5.94. The molecule has 226 valence electrons. The van der Waals surface area contributed by atoms with E-state index in [4.69, 9.17) is 23.7 Å². The van der Waals surface area contributed by atoms with Crippen LogP contribution in [0.5, 0.6) is 5.75 Å². The van der Waals surface area contributed by atoms with Crippen LogP contribution in [0, 0.1) is 0 Å². The lowest BCUT2D eigenvalue weighted by molar-refractivity contribution is -0.169. The zero-order chi connectivity index (χ0) is 29.9. The van der Waals surface area contributed by atoms with Crippen molar-refractivity contribution in [3.63, 3.8) is 0 Å². The predicted octanol–water partition coefficient (Wildman–Crippen LogP) is 7.06. The third kappa shape index (κ3) is 11.4. The molecule has 0 unspecified atom stereocenters. The molecule has 9 nitrogen and oxygen atoms in total. The molecule has 0 radical (unpaired) electrons. The highest BCUT2D eigenvalue weighted by atomic mass is 16.6. The van der Waals surface area contributed by atoms with Crippen molar-refractivity contribution in [1.29, 1.82) is 0 Å². The molecule has 2 amide bonds. The molecule has 2 rings (SSSR count). The standard InChI is InChI=1S/C31H49NO8/c1-9-10-16-21-36-26-22(2)37-27(33)24(19-14-15-20-25(26)38-23-17-12-11-13-18-23)32(28(34)39-30(3,4)5)29(35)40-31(6,7)8/h11-13,17-18,22,24-26H,9-10,14-16,19-21H2,1-8H3/t22-,24-,25-,26-/m0/s1. The summed E-state index contributed by atoms with van der Waals surface area (Å²) in [7, 11) is 0. The van der Waals surface area contributed by atoms with E-state index in [0.717, 1.165) is 24.2 Å². The summed E-state index contributed by atoms with van der Waals surface area (Å²) in [5, 5.41) is 0. The van der Waals surface area contributed by atoms with E-state index in [1.807, 2.05) is 30.3 Å². The minimum absolute atomic E-state index is 0.199. The first-order valence-electron chi connectivity index (χ1n) is 14.5. The Morgan fingerprint density at radius 3 is 2.05 bits per heavy atom. The normalized spacial score (nSPS) is 22.6. The fourth-order valence-electron chi connectivity index (χ4n) is 4.40. The maximum atomic E-state index is 13.6. The number of carbonyl (C=O) groups is 3. The number of imide groups is 1. The molecule has 1 aromatic rings. The number of unbranched alkanes of at least 4 members (excludes halogenated alkanes) is 2. The fraction of sp³-hybridized carbons (Fsp3) is 0.710. The van der Waals surface area contributed by atoms with Crippen LogP contribution in [0.3, 0.4) is 0 Å². The Bertz CT molecular complexity index is 909. The second-order valence-corrected chi connectivity index (χ2v) is 12.3. The summed E-state index contributed by atoms with van der Waals surface area (Å²) in [5.41, 5.74) is -1.77. The Morgan fingerprint density at radius 2 is 1.50 bits per heavy atom. The summed E-state index contributed by atoms with van der Waals surface area (Å²) in [6.07, 6.45) is 1.49. The van der Waals surface area contributed by atoms with Gasteiger partial charge in [-0.3, -0.25) is 0 Å². The SMILES string of the molecule is CCCCCO[C@H]1[C@H](C)OC(=O)[C@@H](N(C(=O)OC(C)(C)C)C(=O)OC(C)(C)C)CCCC[C@@H]1Oc1ccccc1. The predicted molar refractivity (Wildman–Crippen MR) is 152 cm³/mol. The molecule has 4 atom stereocenters. The number of rotatable bonds is 8. The average molecular weight is 564 g/mol. The number of ether oxygens (including phenoxy) is 5. The molecule has 9 heteroatoms. The number of cyclic esters (lactones) is 1. The van der Waals surface area contributed by atoms with E-state index < -0.39 is 47.6 Å². The largest absolute Gasteiger partial charge is 0.488 e. The quantitative estimate of drug-likeness (QED) is 0.188. The van der Waals surface area contributed by atoms with Crippen molar-refractivity contribution >= 4 is 18.2 Å². The lowest BCUT2D eigenvalue weighted by atomic mass is 9.98. The van der Waals surface area contributed by atoms with Crippen LogP contribution in [0.15, 0.2) is 30.3 Å². The Labute approximate surface area is 239 Å². The first-order valence-corrected chi connectivity index (χ1v) is 14.5. The molecule has 1 fully saturated rings. The first-order chi connectivity index (χ1) is 18.7. The van der Waals surface area contributed by atoms with Crippen LogP contribution in [0.4, 0.5) is 9.59 Å². The molecule has 1 saturated heterocycles. The minimum Gasteiger partial charge on any atom is -0.488 e. The van der Waals surface area contributed by atoms with Crippen LogP contribution in [-0.2, 0) is 23.7 Å². The smallest absolute Gasteiger partial charge is 0.420 e. The van der Waals surface area contributed by atoms with Crippen molar-refractivity contribution in [2.24, 2.45) is 0 Å². The molecular weight excluding hydrogens is 514 g/mol.